The molecule has 342 valence electrons. The van der Waals surface area contributed by atoms with Gasteiger partial charge in [0.2, 0.25) is 0 Å². The Morgan fingerprint density at radius 3 is 1.14 bits per heavy atom. The molecule has 0 aliphatic rings. The molecule has 74 heavy (non-hydrogen) atoms. The number of aromatic nitrogens is 2. The van der Waals surface area contributed by atoms with Crippen molar-refractivity contribution < 1.29 is 0 Å². The van der Waals surface area contributed by atoms with Gasteiger partial charge in [-0.2, -0.15) is 10.5 Å². The number of thiophene rings is 2. The van der Waals surface area contributed by atoms with Crippen LogP contribution in [0.15, 0.2) is 231 Å². The molecular weight excluding hydrogens is 937 g/mol. The number of nitrogens with zero attached hydrogens (tertiary/aromatic N) is 4. The second-order valence-electron chi connectivity index (χ2n) is 18.8. The van der Waals surface area contributed by atoms with E-state index in [-0.39, 0.29) is 0 Å². The molecule has 0 N–H and O–H groups in total. The van der Waals surface area contributed by atoms with Crippen molar-refractivity contribution in [3.63, 3.8) is 0 Å². The lowest BCUT2D eigenvalue weighted by Gasteiger charge is -2.25. The summed E-state index contributed by atoms with van der Waals surface area (Å²) in [4.78, 5) is 0. The van der Waals surface area contributed by atoms with Gasteiger partial charge in [0.25, 0.3) is 0 Å². The first-order valence-corrected chi connectivity index (χ1v) is 26.3. The lowest BCUT2D eigenvalue weighted by molar-refractivity contribution is 1.13. The van der Waals surface area contributed by atoms with E-state index >= 15 is 0 Å². The summed E-state index contributed by atoms with van der Waals surface area (Å²) in [5.74, 6) is 0. The van der Waals surface area contributed by atoms with Gasteiger partial charge in [-0.3, -0.25) is 0 Å². The van der Waals surface area contributed by atoms with Crippen molar-refractivity contribution in [3.05, 3.63) is 242 Å². The first-order chi connectivity index (χ1) is 36.7. The number of para-hydroxylation sites is 2. The van der Waals surface area contributed by atoms with E-state index in [9.17, 15) is 10.5 Å². The molecule has 15 aromatic rings. The Kier molecular flexibility index (Phi) is 9.40. The first kappa shape index (κ1) is 42.2. The largest absolute Gasteiger partial charge is 0.307 e. The zero-order valence-electron chi connectivity index (χ0n) is 39.5. The number of rotatable bonds is 6. The summed E-state index contributed by atoms with van der Waals surface area (Å²) in [5.41, 5.74) is 14.1. The van der Waals surface area contributed by atoms with E-state index in [2.05, 4.69) is 215 Å². The zero-order chi connectivity index (χ0) is 49.0. The predicted octanol–water partition coefficient (Wildman–Crippen LogP) is 19.0. The number of hydrogen-bond acceptors (Lipinski definition) is 4. The smallest absolute Gasteiger partial charge is 0.102 e. The maximum atomic E-state index is 12.3. The summed E-state index contributed by atoms with van der Waals surface area (Å²) >= 11 is 3.61. The van der Waals surface area contributed by atoms with E-state index < -0.39 is 0 Å². The monoisotopic (exact) mass is 974 g/mol. The maximum absolute atomic E-state index is 12.3. The Morgan fingerprint density at radius 2 is 0.689 bits per heavy atom. The topological polar surface area (TPSA) is 57.4 Å². The van der Waals surface area contributed by atoms with Gasteiger partial charge in [-0.05, 0) is 57.6 Å². The second-order valence-corrected chi connectivity index (χ2v) is 20.9. The van der Waals surface area contributed by atoms with Crippen molar-refractivity contribution in [2.45, 2.75) is 0 Å². The van der Waals surface area contributed by atoms with Gasteiger partial charge in [-0.1, -0.05) is 206 Å². The standard InChI is InChI=1S/C68H38N4S2/c69-39-53-59(43-23-9-3-10-24-43)54(40-70)64(60(44-25-11-4-12-26-44)63(53)71-55-31-15-13-27-47(55)48-28-14-16-32-56(48)71)72-65-49(35-37-51-61-45(41-19-5-1-6-20-41)29-17-33-57(61)73-67(51)65)50-36-38-52-62-46(42-21-7-2-8-22-42)30-18-34-58(62)74-68(52)66(50)72/h1-38H. The Bertz CT molecular complexity index is 4670. The molecule has 0 saturated carbocycles. The highest BCUT2D eigenvalue weighted by Gasteiger charge is 2.33. The highest BCUT2D eigenvalue weighted by atomic mass is 32.1. The van der Waals surface area contributed by atoms with Crippen molar-refractivity contribution in [3.8, 4) is 68.0 Å². The molecule has 0 unspecified atom stereocenters. The summed E-state index contributed by atoms with van der Waals surface area (Å²) in [7, 11) is 0. The van der Waals surface area contributed by atoms with Gasteiger partial charge < -0.3 is 9.13 Å². The van der Waals surface area contributed by atoms with Gasteiger partial charge in [0.05, 0.1) is 54.0 Å². The van der Waals surface area contributed by atoms with E-state index in [1.54, 1.807) is 22.7 Å². The van der Waals surface area contributed by atoms with Gasteiger partial charge >= 0.3 is 0 Å². The van der Waals surface area contributed by atoms with Crippen LogP contribution in [0.3, 0.4) is 0 Å². The molecule has 4 nitrogen and oxygen atoms in total. The van der Waals surface area contributed by atoms with Gasteiger partial charge in [-0.25, -0.2) is 0 Å². The van der Waals surface area contributed by atoms with Gasteiger partial charge in [0.15, 0.2) is 0 Å². The average molecular weight is 975 g/mol. The summed E-state index contributed by atoms with van der Waals surface area (Å²) in [5, 5.41) is 33.3. The Hall–Kier alpha value is -9.56. The SMILES string of the molecule is N#Cc1c(-c2ccccc2)c(C#N)c(-n2c3c(ccc4c3sc3cccc(-c5ccccc5)c34)c3ccc4c(sc5cccc(-c6ccccc6)c54)c32)c(-c2ccccc2)c1-n1c2ccccc2c2ccccc21. The summed E-state index contributed by atoms with van der Waals surface area (Å²) < 4.78 is 9.37. The fraction of sp³-hybridized carbons (Fsp3) is 0. The predicted molar refractivity (Wildman–Crippen MR) is 312 cm³/mol. The summed E-state index contributed by atoms with van der Waals surface area (Å²) in [6, 6.07) is 87.0. The molecule has 0 fully saturated rings. The quantitative estimate of drug-likeness (QED) is 0.167. The van der Waals surface area contributed by atoms with Crippen LogP contribution in [0.2, 0.25) is 0 Å². The molecule has 6 heteroatoms. The van der Waals surface area contributed by atoms with Gasteiger partial charge in [0, 0.05) is 63.6 Å². The zero-order valence-corrected chi connectivity index (χ0v) is 41.2. The molecule has 15 rings (SSSR count). The number of benzene rings is 11. The summed E-state index contributed by atoms with van der Waals surface area (Å²) in [6.07, 6.45) is 0. The number of hydrogen-bond donors (Lipinski definition) is 0. The minimum absolute atomic E-state index is 0.432. The van der Waals surface area contributed by atoms with Crippen LogP contribution in [0.4, 0.5) is 0 Å². The average Bonchev–Trinajstić information content (AvgIpc) is 4.31. The summed E-state index contributed by atoms with van der Waals surface area (Å²) in [6.45, 7) is 0. The van der Waals surface area contributed by atoms with E-state index in [0.29, 0.717) is 16.7 Å². The molecule has 0 bridgehead atoms. The molecule has 4 heterocycles. The van der Waals surface area contributed by atoms with Crippen LogP contribution in [0.5, 0.6) is 0 Å². The highest BCUT2D eigenvalue weighted by Crippen LogP contribution is 2.54. The van der Waals surface area contributed by atoms with Crippen LogP contribution >= 0.6 is 22.7 Å². The lowest BCUT2D eigenvalue weighted by atomic mass is 9.86. The third kappa shape index (κ3) is 5.99. The maximum Gasteiger partial charge on any atom is 0.102 e. The number of fused-ring (bicyclic) bond motifs is 14. The molecule has 0 saturated heterocycles. The third-order valence-electron chi connectivity index (χ3n) is 15.0. The molecule has 0 atom stereocenters. The Morgan fingerprint density at radius 1 is 0.311 bits per heavy atom. The fourth-order valence-corrected chi connectivity index (χ4v) is 14.5. The fourth-order valence-electron chi connectivity index (χ4n) is 12.0. The Labute approximate surface area is 433 Å². The molecule has 0 spiro atoms. The second kappa shape index (κ2) is 16.5. The van der Waals surface area contributed by atoms with E-state index in [4.69, 9.17) is 0 Å². The van der Waals surface area contributed by atoms with Crippen LogP contribution in [0, 0.1) is 22.7 Å². The van der Waals surface area contributed by atoms with E-state index in [0.717, 1.165) is 103 Å². The lowest BCUT2D eigenvalue weighted by Crippen LogP contribution is -2.11. The first-order valence-electron chi connectivity index (χ1n) is 24.7. The Balaban J connectivity index is 1.23. The van der Waals surface area contributed by atoms with Crippen molar-refractivity contribution >= 4 is 107 Å². The van der Waals surface area contributed by atoms with Crippen LogP contribution < -0.4 is 0 Å². The van der Waals surface area contributed by atoms with E-state index in [1.807, 2.05) is 36.4 Å². The van der Waals surface area contributed by atoms with Crippen LogP contribution in [-0.2, 0) is 0 Å². The minimum Gasteiger partial charge on any atom is -0.307 e. The minimum atomic E-state index is 0.432. The molecule has 0 radical (unpaired) electrons. The van der Waals surface area contributed by atoms with Crippen molar-refractivity contribution in [1.29, 1.82) is 10.5 Å². The third-order valence-corrected chi connectivity index (χ3v) is 17.4. The van der Waals surface area contributed by atoms with Crippen LogP contribution in [-0.4, -0.2) is 9.13 Å². The van der Waals surface area contributed by atoms with Gasteiger partial charge in [-0.15, -0.1) is 22.7 Å². The molecule has 0 amide bonds. The van der Waals surface area contributed by atoms with Crippen LogP contribution in [0.1, 0.15) is 11.1 Å². The van der Waals surface area contributed by atoms with Crippen molar-refractivity contribution in [2.75, 3.05) is 0 Å². The molecule has 0 aliphatic heterocycles. The van der Waals surface area contributed by atoms with Crippen molar-refractivity contribution in [2.24, 2.45) is 0 Å². The van der Waals surface area contributed by atoms with E-state index in [1.165, 1.54) is 31.3 Å². The number of nitriles is 2. The normalized spacial score (nSPS) is 11.8. The molecular formula is C68H38N4S2. The van der Waals surface area contributed by atoms with Crippen molar-refractivity contribution in [1.82, 2.24) is 9.13 Å². The molecule has 4 aromatic heterocycles. The van der Waals surface area contributed by atoms with Crippen LogP contribution in [0.25, 0.3) is 140 Å². The van der Waals surface area contributed by atoms with Gasteiger partial charge in [0.1, 0.15) is 12.1 Å². The molecule has 11 aromatic carbocycles. The highest BCUT2D eigenvalue weighted by molar-refractivity contribution is 7.27. The molecule has 0 aliphatic carbocycles.